The van der Waals surface area contributed by atoms with Crippen molar-refractivity contribution >= 4 is 30.8 Å². The molecule has 2 heterocycles. The molecule has 0 fully saturated rings. The van der Waals surface area contributed by atoms with Gasteiger partial charge < -0.3 is 0 Å². The summed E-state index contributed by atoms with van der Waals surface area (Å²) in [5, 5.41) is 0.0618. The van der Waals surface area contributed by atoms with Gasteiger partial charge in [-0.1, -0.05) is 0 Å². The standard InChI is InChI=1S/C8H5BrN2O2S/c9-7-5-11-8(14(7,12)13)6-1-3-10-4-2-6/h1-5H. The molecular formula is C8H5BrN2O2S. The van der Waals surface area contributed by atoms with Crippen LogP contribution >= 0.6 is 15.9 Å². The molecule has 0 spiro atoms. The average molecular weight is 273 g/mol. The van der Waals surface area contributed by atoms with Gasteiger partial charge in [0.15, 0.2) is 5.04 Å². The van der Waals surface area contributed by atoms with Crippen molar-refractivity contribution in [2.45, 2.75) is 0 Å². The van der Waals surface area contributed by atoms with E-state index in [0.29, 0.717) is 5.56 Å². The molecule has 0 atom stereocenters. The maximum Gasteiger partial charge on any atom is 0.232 e. The summed E-state index contributed by atoms with van der Waals surface area (Å²) in [6, 6.07) is 3.21. The van der Waals surface area contributed by atoms with E-state index in [1.807, 2.05) is 0 Å². The fraction of sp³-hybridized carbons (Fsp3) is 0. The lowest BCUT2D eigenvalue weighted by molar-refractivity contribution is 0.615. The molecular weight excluding hydrogens is 268 g/mol. The Morgan fingerprint density at radius 2 is 1.86 bits per heavy atom. The fourth-order valence-corrected chi connectivity index (χ4v) is 2.64. The smallest absolute Gasteiger partial charge is 0.232 e. The van der Waals surface area contributed by atoms with Crippen LogP contribution in [0.5, 0.6) is 0 Å². The molecule has 72 valence electrons. The zero-order chi connectivity index (χ0) is 10.2. The van der Waals surface area contributed by atoms with Crippen LogP contribution in [0.1, 0.15) is 5.56 Å². The Hall–Kier alpha value is -1.01. The van der Waals surface area contributed by atoms with Crippen LogP contribution in [0.4, 0.5) is 0 Å². The third-order valence-electron chi connectivity index (χ3n) is 1.72. The maximum atomic E-state index is 11.6. The first kappa shape index (κ1) is 9.54. The van der Waals surface area contributed by atoms with Crippen LogP contribution in [-0.4, -0.2) is 18.4 Å². The molecule has 0 aliphatic carbocycles. The van der Waals surface area contributed by atoms with Crippen molar-refractivity contribution in [1.82, 2.24) is 4.98 Å². The molecule has 6 heteroatoms. The Morgan fingerprint density at radius 3 is 2.36 bits per heavy atom. The van der Waals surface area contributed by atoms with E-state index >= 15 is 0 Å². The van der Waals surface area contributed by atoms with Crippen LogP contribution in [0.3, 0.4) is 0 Å². The number of pyridine rings is 1. The van der Waals surface area contributed by atoms with Crippen LogP contribution in [0, 0.1) is 0 Å². The van der Waals surface area contributed by atoms with Crippen LogP contribution in [0.15, 0.2) is 39.5 Å². The number of rotatable bonds is 1. The lowest BCUT2D eigenvalue weighted by atomic mass is 10.3. The first-order chi connectivity index (χ1) is 6.62. The Balaban J connectivity index is 2.53. The third kappa shape index (κ3) is 1.40. The van der Waals surface area contributed by atoms with E-state index in [-0.39, 0.29) is 8.86 Å². The monoisotopic (exact) mass is 272 g/mol. The molecule has 1 aromatic rings. The molecule has 0 N–H and O–H groups in total. The van der Waals surface area contributed by atoms with Gasteiger partial charge in [-0.05, 0) is 28.1 Å². The van der Waals surface area contributed by atoms with Crippen molar-refractivity contribution in [1.29, 1.82) is 0 Å². The number of hydrogen-bond donors (Lipinski definition) is 0. The second kappa shape index (κ2) is 3.29. The van der Waals surface area contributed by atoms with Crippen LogP contribution in [0.2, 0.25) is 0 Å². The Bertz CT molecular complexity index is 520. The lowest BCUT2D eigenvalue weighted by Crippen LogP contribution is -2.12. The lowest BCUT2D eigenvalue weighted by Gasteiger charge is -1.99. The highest BCUT2D eigenvalue weighted by molar-refractivity contribution is 9.14. The van der Waals surface area contributed by atoms with Gasteiger partial charge >= 0.3 is 0 Å². The molecule has 2 rings (SSSR count). The molecule has 1 aromatic heterocycles. The summed E-state index contributed by atoms with van der Waals surface area (Å²) in [7, 11) is -3.42. The highest BCUT2D eigenvalue weighted by atomic mass is 79.9. The van der Waals surface area contributed by atoms with E-state index < -0.39 is 9.84 Å². The summed E-state index contributed by atoms with van der Waals surface area (Å²) in [5.74, 6) is 0. The number of aromatic nitrogens is 1. The van der Waals surface area contributed by atoms with Gasteiger partial charge in [-0.2, -0.15) is 0 Å². The van der Waals surface area contributed by atoms with Gasteiger partial charge in [0.2, 0.25) is 9.84 Å². The van der Waals surface area contributed by atoms with Gasteiger partial charge in [-0.25, -0.2) is 13.4 Å². The molecule has 0 unspecified atom stereocenters. The minimum Gasteiger partial charge on any atom is -0.265 e. The number of halogens is 1. The van der Waals surface area contributed by atoms with Gasteiger partial charge in [0.25, 0.3) is 0 Å². The minimum atomic E-state index is -3.42. The van der Waals surface area contributed by atoms with Crippen molar-refractivity contribution in [2.24, 2.45) is 4.99 Å². The summed E-state index contributed by atoms with van der Waals surface area (Å²) in [6.07, 6.45) is 4.34. The fourth-order valence-electron chi connectivity index (χ4n) is 1.06. The molecule has 14 heavy (non-hydrogen) atoms. The Kier molecular flexibility index (Phi) is 2.24. The molecule has 0 radical (unpaired) electrons. The summed E-state index contributed by atoms with van der Waals surface area (Å²) in [6.45, 7) is 0. The van der Waals surface area contributed by atoms with Gasteiger partial charge in [0.1, 0.15) is 3.81 Å². The number of hydrogen-bond acceptors (Lipinski definition) is 4. The second-order valence-electron chi connectivity index (χ2n) is 2.61. The van der Waals surface area contributed by atoms with Crippen molar-refractivity contribution in [2.75, 3.05) is 0 Å². The minimum absolute atomic E-state index is 0.0618. The highest BCUT2D eigenvalue weighted by Crippen LogP contribution is 2.25. The third-order valence-corrected chi connectivity index (χ3v) is 4.67. The van der Waals surface area contributed by atoms with Gasteiger partial charge in [-0.15, -0.1) is 0 Å². The van der Waals surface area contributed by atoms with Crippen molar-refractivity contribution in [3.05, 3.63) is 40.1 Å². The highest BCUT2D eigenvalue weighted by Gasteiger charge is 2.28. The largest absolute Gasteiger partial charge is 0.265 e. The van der Waals surface area contributed by atoms with Gasteiger partial charge in [0, 0.05) is 18.0 Å². The maximum absolute atomic E-state index is 11.6. The first-order valence-electron chi connectivity index (χ1n) is 3.71. The summed E-state index contributed by atoms with van der Waals surface area (Å²) in [5.41, 5.74) is 0.547. The number of sulfone groups is 1. The molecule has 1 aliphatic rings. The molecule has 0 saturated heterocycles. The van der Waals surface area contributed by atoms with Crippen molar-refractivity contribution < 1.29 is 8.42 Å². The first-order valence-corrected chi connectivity index (χ1v) is 5.99. The van der Waals surface area contributed by atoms with E-state index in [4.69, 9.17) is 0 Å². The predicted octanol–water partition coefficient (Wildman–Crippen LogP) is 1.45. The SMILES string of the molecule is O=S1(=O)C(Br)=CN=C1c1ccncc1. The number of aliphatic imine (C=N–C) groups is 1. The van der Waals surface area contributed by atoms with Gasteiger partial charge in [-0.3, -0.25) is 4.98 Å². The van der Waals surface area contributed by atoms with E-state index in [1.54, 1.807) is 12.1 Å². The molecule has 0 aromatic carbocycles. The summed E-state index contributed by atoms with van der Waals surface area (Å²) < 4.78 is 23.3. The number of nitrogens with zero attached hydrogens (tertiary/aromatic N) is 2. The van der Waals surface area contributed by atoms with Crippen LogP contribution in [-0.2, 0) is 9.84 Å². The summed E-state index contributed by atoms with van der Waals surface area (Å²) >= 11 is 2.94. The van der Waals surface area contributed by atoms with Gasteiger partial charge in [0.05, 0.1) is 6.20 Å². The molecule has 1 aliphatic heterocycles. The van der Waals surface area contributed by atoms with E-state index in [2.05, 4.69) is 25.9 Å². The second-order valence-corrected chi connectivity index (χ2v) is 5.82. The van der Waals surface area contributed by atoms with Crippen molar-refractivity contribution in [3.8, 4) is 0 Å². The summed E-state index contributed by atoms with van der Waals surface area (Å²) in [4.78, 5) is 7.64. The zero-order valence-corrected chi connectivity index (χ0v) is 9.29. The van der Waals surface area contributed by atoms with Crippen LogP contribution in [0.25, 0.3) is 0 Å². The Morgan fingerprint density at radius 1 is 1.21 bits per heavy atom. The van der Waals surface area contributed by atoms with Crippen molar-refractivity contribution in [3.63, 3.8) is 0 Å². The Labute approximate surface area is 89.4 Å². The van der Waals surface area contributed by atoms with E-state index in [9.17, 15) is 8.42 Å². The normalized spacial score (nSPS) is 18.9. The molecule has 0 amide bonds. The molecule has 0 bridgehead atoms. The quantitative estimate of drug-likeness (QED) is 0.778. The molecule has 0 saturated carbocycles. The molecule has 4 nitrogen and oxygen atoms in total. The zero-order valence-electron chi connectivity index (χ0n) is 6.88. The average Bonchev–Trinajstić information content (AvgIpc) is 2.44. The topological polar surface area (TPSA) is 59.4 Å². The van der Waals surface area contributed by atoms with Crippen LogP contribution < -0.4 is 0 Å². The van der Waals surface area contributed by atoms with E-state index in [0.717, 1.165) is 0 Å². The predicted molar refractivity (Wildman–Crippen MR) is 56.7 cm³/mol. The van der Waals surface area contributed by atoms with E-state index in [1.165, 1.54) is 18.6 Å².